The number of hydrogen-bond donors (Lipinski definition) is 1. The van der Waals surface area contributed by atoms with E-state index in [-0.39, 0.29) is 11.8 Å². The van der Waals surface area contributed by atoms with Gasteiger partial charge in [-0.05, 0) is 37.0 Å². The van der Waals surface area contributed by atoms with Crippen molar-refractivity contribution in [3.8, 4) is 0 Å². The van der Waals surface area contributed by atoms with Crippen LogP contribution in [0.5, 0.6) is 0 Å². The van der Waals surface area contributed by atoms with Gasteiger partial charge < -0.3 is 10.2 Å². The number of aryl methyl sites for hydroxylation is 2. The van der Waals surface area contributed by atoms with E-state index in [1.807, 2.05) is 69.3 Å². The first-order valence-electron chi connectivity index (χ1n) is 9.07. The van der Waals surface area contributed by atoms with E-state index in [1.54, 1.807) is 11.9 Å². The Morgan fingerprint density at radius 3 is 2.42 bits per heavy atom. The quantitative estimate of drug-likeness (QED) is 0.830. The smallest absolute Gasteiger partial charge is 0.242 e. The molecule has 0 bridgehead atoms. The molecule has 0 heterocycles. The third-order valence-electron chi connectivity index (χ3n) is 4.67. The molecule has 26 heavy (non-hydrogen) atoms. The second kappa shape index (κ2) is 9.18. The van der Waals surface area contributed by atoms with Crippen molar-refractivity contribution in [3.05, 3.63) is 70.8 Å². The summed E-state index contributed by atoms with van der Waals surface area (Å²) in [5.74, 6) is -0.159. The monoisotopic (exact) mass is 352 g/mol. The topological polar surface area (TPSA) is 49.4 Å². The standard InChI is InChI=1S/C22H28N2O2/c1-5-20(22(26)23-4)24(15-19-12-7-6-10-17(19)3)21(25)14-18-11-8-9-16(2)13-18/h6-13,20H,5,14-15H2,1-4H3,(H,23,26). The molecule has 0 saturated heterocycles. The average Bonchev–Trinajstić information content (AvgIpc) is 2.62. The average molecular weight is 352 g/mol. The van der Waals surface area contributed by atoms with Gasteiger partial charge in [0.05, 0.1) is 6.42 Å². The molecule has 0 spiro atoms. The summed E-state index contributed by atoms with van der Waals surface area (Å²) in [7, 11) is 1.61. The van der Waals surface area contributed by atoms with Crippen molar-refractivity contribution >= 4 is 11.8 Å². The molecule has 0 aromatic heterocycles. The summed E-state index contributed by atoms with van der Waals surface area (Å²) in [5, 5.41) is 2.69. The lowest BCUT2D eigenvalue weighted by Gasteiger charge is -2.31. The number of benzene rings is 2. The molecular formula is C22H28N2O2. The fraction of sp³-hybridized carbons (Fsp3) is 0.364. The Hall–Kier alpha value is -2.62. The number of nitrogens with one attached hydrogen (secondary N) is 1. The molecule has 0 aliphatic rings. The Bertz CT molecular complexity index is 770. The highest BCUT2D eigenvalue weighted by Gasteiger charge is 2.28. The van der Waals surface area contributed by atoms with Crippen LogP contribution in [0.4, 0.5) is 0 Å². The van der Waals surface area contributed by atoms with Gasteiger partial charge in [-0.25, -0.2) is 0 Å². The van der Waals surface area contributed by atoms with Gasteiger partial charge in [0, 0.05) is 13.6 Å². The molecule has 4 nitrogen and oxygen atoms in total. The van der Waals surface area contributed by atoms with Gasteiger partial charge in [-0.15, -0.1) is 0 Å². The highest BCUT2D eigenvalue weighted by molar-refractivity contribution is 5.88. The van der Waals surface area contributed by atoms with Gasteiger partial charge in [-0.1, -0.05) is 61.0 Å². The van der Waals surface area contributed by atoms with Crippen LogP contribution in [-0.2, 0) is 22.6 Å². The fourth-order valence-corrected chi connectivity index (χ4v) is 3.16. The van der Waals surface area contributed by atoms with Crippen molar-refractivity contribution in [2.45, 2.75) is 46.2 Å². The first-order valence-corrected chi connectivity index (χ1v) is 9.07. The summed E-state index contributed by atoms with van der Waals surface area (Å²) in [6.45, 7) is 6.41. The Kier molecular flexibility index (Phi) is 6.96. The molecule has 4 heteroatoms. The summed E-state index contributed by atoms with van der Waals surface area (Å²) in [6, 6.07) is 15.5. The Balaban J connectivity index is 2.30. The number of nitrogens with zero attached hydrogens (tertiary/aromatic N) is 1. The predicted molar refractivity (Wildman–Crippen MR) is 105 cm³/mol. The highest BCUT2D eigenvalue weighted by atomic mass is 16.2. The maximum atomic E-state index is 13.1. The van der Waals surface area contributed by atoms with Crippen molar-refractivity contribution in [3.63, 3.8) is 0 Å². The maximum absolute atomic E-state index is 13.1. The van der Waals surface area contributed by atoms with Crippen LogP contribution in [0.3, 0.4) is 0 Å². The number of likely N-dealkylation sites (N-methyl/N-ethyl adjacent to an activating group) is 1. The Morgan fingerprint density at radius 1 is 1.08 bits per heavy atom. The number of carbonyl (C=O) groups excluding carboxylic acids is 2. The molecule has 0 saturated carbocycles. The molecule has 1 atom stereocenters. The molecule has 2 rings (SSSR count). The Labute approximate surface area is 156 Å². The molecule has 0 fully saturated rings. The number of amides is 2. The van der Waals surface area contributed by atoms with Gasteiger partial charge in [0.2, 0.25) is 11.8 Å². The van der Waals surface area contributed by atoms with E-state index >= 15 is 0 Å². The van der Waals surface area contributed by atoms with Crippen LogP contribution in [0.25, 0.3) is 0 Å². The van der Waals surface area contributed by atoms with E-state index in [2.05, 4.69) is 5.32 Å². The summed E-state index contributed by atoms with van der Waals surface area (Å²) in [5.41, 5.74) is 4.27. The minimum absolute atomic E-state index is 0.0331. The van der Waals surface area contributed by atoms with Gasteiger partial charge in [0.1, 0.15) is 6.04 Å². The van der Waals surface area contributed by atoms with E-state index in [4.69, 9.17) is 0 Å². The zero-order valence-corrected chi connectivity index (χ0v) is 16.1. The van der Waals surface area contributed by atoms with Gasteiger partial charge in [0.15, 0.2) is 0 Å². The van der Waals surface area contributed by atoms with Crippen molar-refractivity contribution in [2.75, 3.05) is 7.05 Å². The van der Waals surface area contributed by atoms with E-state index in [0.29, 0.717) is 19.4 Å². The van der Waals surface area contributed by atoms with Crippen LogP contribution in [0.15, 0.2) is 48.5 Å². The lowest BCUT2D eigenvalue weighted by atomic mass is 10.0. The van der Waals surface area contributed by atoms with E-state index < -0.39 is 6.04 Å². The van der Waals surface area contributed by atoms with Crippen molar-refractivity contribution in [2.24, 2.45) is 0 Å². The normalized spacial score (nSPS) is 11.7. The van der Waals surface area contributed by atoms with Crippen LogP contribution in [0.1, 0.15) is 35.6 Å². The van der Waals surface area contributed by atoms with Crippen LogP contribution in [0.2, 0.25) is 0 Å². The van der Waals surface area contributed by atoms with E-state index in [9.17, 15) is 9.59 Å². The zero-order valence-electron chi connectivity index (χ0n) is 16.1. The molecular weight excluding hydrogens is 324 g/mol. The molecule has 2 amide bonds. The molecule has 2 aromatic rings. The molecule has 138 valence electrons. The third kappa shape index (κ3) is 4.94. The molecule has 0 radical (unpaired) electrons. The fourth-order valence-electron chi connectivity index (χ4n) is 3.16. The lowest BCUT2D eigenvalue weighted by molar-refractivity contribution is -0.140. The van der Waals surface area contributed by atoms with Crippen molar-refractivity contribution in [1.82, 2.24) is 10.2 Å². The first-order chi connectivity index (χ1) is 12.5. The second-order valence-electron chi connectivity index (χ2n) is 6.65. The van der Waals surface area contributed by atoms with E-state index in [0.717, 1.165) is 22.3 Å². The third-order valence-corrected chi connectivity index (χ3v) is 4.67. The molecule has 2 aromatic carbocycles. The predicted octanol–water partition coefficient (Wildman–Crippen LogP) is 3.40. The molecule has 0 aliphatic carbocycles. The first kappa shape index (κ1) is 19.7. The molecule has 1 N–H and O–H groups in total. The van der Waals surface area contributed by atoms with Crippen LogP contribution in [-0.4, -0.2) is 29.8 Å². The van der Waals surface area contributed by atoms with Crippen molar-refractivity contribution in [1.29, 1.82) is 0 Å². The minimum atomic E-state index is -0.475. The van der Waals surface area contributed by atoms with Crippen LogP contribution in [0, 0.1) is 13.8 Å². The Morgan fingerprint density at radius 2 is 1.81 bits per heavy atom. The molecule has 1 unspecified atom stereocenters. The van der Waals surface area contributed by atoms with Gasteiger partial charge in [-0.3, -0.25) is 9.59 Å². The lowest BCUT2D eigenvalue weighted by Crippen LogP contribution is -2.48. The summed E-state index contributed by atoms with van der Waals surface area (Å²) < 4.78 is 0. The largest absolute Gasteiger partial charge is 0.357 e. The zero-order chi connectivity index (χ0) is 19.1. The maximum Gasteiger partial charge on any atom is 0.242 e. The van der Waals surface area contributed by atoms with Crippen LogP contribution >= 0.6 is 0 Å². The number of carbonyl (C=O) groups is 2. The van der Waals surface area contributed by atoms with Crippen LogP contribution < -0.4 is 5.32 Å². The van der Waals surface area contributed by atoms with Gasteiger partial charge in [0.25, 0.3) is 0 Å². The number of hydrogen-bond acceptors (Lipinski definition) is 2. The molecule has 0 aliphatic heterocycles. The van der Waals surface area contributed by atoms with Gasteiger partial charge in [-0.2, -0.15) is 0 Å². The summed E-state index contributed by atoms with van der Waals surface area (Å²) in [6.07, 6.45) is 0.867. The van der Waals surface area contributed by atoms with Gasteiger partial charge >= 0.3 is 0 Å². The SMILES string of the molecule is CCC(C(=O)NC)N(Cc1ccccc1C)C(=O)Cc1cccc(C)c1. The second-order valence-corrected chi connectivity index (χ2v) is 6.65. The summed E-state index contributed by atoms with van der Waals surface area (Å²) in [4.78, 5) is 27.2. The minimum Gasteiger partial charge on any atom is -0.357 e. The summed E-state index contributed by atoms with van der Waals surface area (Å²) >= 11 is 0. The number of rotatable bonds is 7. The van der Waals surface area contributed by atoms with E-state index in [1.165, 1.54) is 0 Å². The highest BCUT2D eigenvalue weighted by Crippen LogP contribution is 2.17. The van der Waals surface area contributed by atoms with Crippen molar-refractivity contribution < 1.29 is 9.59 Å².